The molecule has 4 rings (SSSR count). The maximum atomic E-state index is 12.7. The second kappa shape index (κ2) is 7.75. The predicted octanol–water partition coefficient (Wildman–Crippen LogP) is 1.12. The monoisotopic (exact) mass is 370 g/mol. The summed E-state index contributed by atoms with van der Waals surface area (Å²) in [7, 11) is 0. The molecule has 2 fully saturated rings. The van der Waals surface area contributed by atoms with Gasteiger partial charge in [-0.05, 0) is 31.0 Å². The zero-order valence-electron chi connectivity index (χ0n) is 15.0. The van der Waals surface area contributed by atoms with Crippen LogP contribution in [0.4, 0.5) is 10.5 Å². The molecule has 0 radical (unpaired) electrons. The number of aromatic nitrogens is 3. The van der Waals surface area contributed by atoms with E-state index in [4.69, 9.17) is 4.74 Å². The Bertz CT molecular complexity index is 795. The summed E-state index contributed by atoms with van der Waals surface area (Å²) in [6.07, 6.45) is 6.50. The first-order valence-electron chi connectivity index (χ1n) is 9.14. The van der Waals surface area contributed by atoms with Crippen LogP contribution in [0.25, 0.3) is 5.82 Å². The van der Waals surface area contributed by atoms with Crippen molar-refractivity contribution >= 4 is 17.6 Å². The lowest BCUT2D eigenvalue weighted by Gasteiger charge is -2.35. The highest BCUT2D eigenvalue weighted by molar-refractivity contribution is 5.91. The highest BCUT2D eigenvalue weighted by Gasteiger charge is 2.31. The van der Waals surface area contributed by atoms with Gasteiger partial charge < -0.3 is 19.9 Å². The summed E-state index contributed by atoms with van der Waals surface area (Å²) >= 11 is 0. The molecule has 2 aliphatic heterocycles. The van der Waals surface area contributed by atoms with E-state index in [1.54, 1.807) is 51.3 Å². The largest absolute Gasteiger partial charge is 0.368 e. The molecule has 9 heteroatoms. The van der Waals surface area contributed by atoms with Crippen molar-refractivity contribution < 1.29 is 14.3 Å². The molecule has 0 bridgehead atoms. The van der Waals surface area contributed by atoms with Crippen LogP contribution in [-0.2, 0) is 9.53 Å². The minimum atomic E-state index is -0.308. The average molecular weight is 370 g/mol. The minimum absolute atomic E-state index is 0.0424. The average Bonchev–Trinajstić information content (AvgIpc) is 3.42. The molecule has 4 heterocycles. The van der Waals surface area contributed by atoms with Crippen molar-refractivity contribution in [1.82, 2.24) is 24.6 Å². The van der Waals surface area contributed by atoms with Gasteiger partial charge in [-0.15, -0.1) is 0 Å². The number of nitrogens with zero attached hydrogens (tertiary/aromatic N) is 5. The molecular weight excluding hydrogens is 348 g/mol. The normalized spacial score (nSPS) is 19.9. The van der Waals surface area contributed by atoms with Crippen LogP contribution in [0.2, 0.25) is 0 Å². The molecule has 1 atom stereocenters. The Balaban J connectivity index is 1.36. The number of ether oxygens (including phenoxy) is 1. The van der Waals surface area contributed by atoms with Gasteiger partial charge in [-0.2, -0.15) is 5.10 Å². The van der Waals surface area contributed by atoms with E-state index in [0.29, 0.717) is 44.3 Å². The Kier molecular flexibility index (Phi) is 5.01. The summed E-state index contributed by atoms with van der Waals surface area (Å²) < 4.78 is 7.08. The summed E-state index contributed by atoms with van der Waals surface area (Å²) in [5.41, 5.74) is 0.587. The predicted molar refractivity (Wildman–Crippen MR) is 97.5 cm³/mol. The number of piperazine rings is 1. The van der Waals surface area contributed by atoms with E-state index in [9.17, 15) is 9.59 Å². The highest BCUT2D eigenvalue weighted by atomic mass is 16.5. The van der Waals surface area contributed by atoms with Gasteiger partial charge in [-0.3, -0.25) is 4.79 Å². The molecule has 0 aliphatic carbocycles. The van der Waals surface area contributed by atoms with E-state index >= 15 is 0 Å². The van der Waals surface area contributed by atoms with E-state index in [1.165, 1.54) is 0 Å². The standard InChI is InChI=1S/C18H22N6O3/c25-17(15-5-2-13-27-15)22-9-11-23(12-10-22)18(26)21-14-4-1-6-19-16(14)24-8-3-7-20-24/h1,3-4,6-8,15H,2,5,9-13H2,(H,21,26)/t15-/m1/s1. The summed E-state index contributed by atoms with van der Waals surface area (Å²) in [6.45, 7) is 2.67. The third-order valence-corrected chi connectivity index (χ3v) is 4.83. The molecule has 3 amide bonds. The molecule has 2 saturated heterocycles. The highest BCUT2D eigenvalue weighted by Crippen LogP contribution is 2.18. The number of nitrogens with one attached hydrogen (secondary N) is 1. The summed E-state index contributed by atoms with van der Waals surface area (Å²) in [6, 6.07) is 5.14. The van der Waals surface area contributed by atoms with E-state index in [0.717, 1.165) is 12.8 Å². The van der Waals surface area contributed by atoms with Gasteiger partial charge in [0.15, 0.2) is 5.82 Å². The first-order chi connectivity index (χ1) is 13.2. The van der Waals surface area contributed by atoms with Crippen molar-refractivity contribution in [2.75, 3.05) is 38.1 Å². The number of carbonyl (C=O) groups excluding carboxylic acids is 2. The van der Waals surface area contributed by atoms with Crippen molar-refractivity contribution in [2.45, 2.75) is 18.9 Å². The zero-order chi connectivity index (χ0) is 18.6. The fraction of sp³-hybridized carbons (Fsp3) is 0.444. The van der Waals surface area contributed by atoms with Gasteiger partial charge in [0.25, 0.3) is 5.91 Å². The van der Waals surface area contributed by atoms with Gasteiger partial charge in [0.05, 0.1) is 5.69 Å². The first-order valence-corrected chi connectivity index (χ1v) is 9.14. The van der Waals surface area contributed by atoms with Crippen LogP contribution in [0, 0.1) is 0 Å². The summed E-state index contributed by atoms with van der Waals surface area (Å²) in [5, 5.41) is 7.07. The van der Waals surface area contributed by atoms with Gasteiger partial charge in [-0.25, -0.2) is 14.5 Å². The zero-order valence-corrected chi connectivity index (χ0v) is 15.0. The number of rotatable bonds is 3. The second-order valence-corrected chi connectivity index (χ2v) is 6.57. The number of urea groups is 1. The SMILES string of the molecule is O=C(Nc1cccnc1-n1cccn1)N1CCN(C(=O)[C@H]2CCCO2)CC1. The molecule has 9 nitrogen and oxygen atoms in total. The number of amides is 3. The van der Waals surface area contributed by atoms with Crippen LogP contribution in [0.3, 0.4) is 0 Å². The number of carbonyl (C=O) groups is 2. The number of hydrogen-bond acceptors (Lipinski definition) is 5. The maximum absolute atomic E-state index is 12.7. The Hall–Kier alpha value is -2.94. The molecule has 1 N–H and O–H groups in total. The Labute approximate surface area is 156 Å². The Morgan fingerprint density at radius 3 is 2.63 bits per heavy atom. The molecule has 142 valence electrons. The number of pyridine rings is 1. The van der Waals surface area contributed by atoms with Crippen molar-refractivity contribution in [1.29, 1.82) is 0 Å². The Morgan fingerprint density at radius 1 is 1.11 bits per heavy atom. The molecule has 0 spiro atoms. The molecule has 2 aliphatic rings. The lowest BCUT2D eigenvalue weighted by molar-refractivity contribution is -0.142. The fourth-order valence-electron chi connectivity index (χ4n) is 3.37. The fourth-order valence-corrected chi connectivity index (χ4v) is 3.37. The third-order valence-electron chi connectivity index (χ3n) is 4.83. The van der Waals surface area contributed by atoms with E-state index < -0.39 is 0 Å². The van der Waals surface area contributed by atoms with Crippen molar-refractivity contribution in [3.8, 4) is 5.82 Å². The van der Waals surface area contributed by atoms with Crippen LogP contribution in [-0.4, -0.2) is 75.4 Å². The molecule has 2 aromatic rings. The van der Waals surface area contributed by atoms with Gasteiger partial charge >= 0.3 is 6.03 Å². The third kappa shape index (κ3) is 3.77. The topological polar surface area (TPSA) is 92.6 Å². The quantitative estimate of drug-likeness (QED) is 0.874. The minimum Gasteiger partial charge on any atom is -0.368 e. The lowest BCUT2D eigenvalue weighted by Crippen LogP contribution is -2.53. The van der Waals surface area contributed by atoms with Gasteiger partial charge in [0.2, 0.25) is 0 Å². The van der Waals surface area contributed by atoms with Gasteiger partial charge in [0, 0.05) is 51.4 Å². The number of anilines is 1. The van der Waals surface area contributed by atoms with Crippen LogP contribution < -0.4 is 5.32 Å². The van der Waals surface area contributed by atoms with Crippen molar-refractivity contribution in [2.24, 2.45) is 0 Å². The molecule has 0 aromatic carbocycles. The van der Waals surface area contributed by atoms with Crippen LogP contribution in [0.1, 0.15) is 12.8 Å². The van der Waals surface area contributed by atoms with Crippen LogP contribution in [0.15, 0.2) is 36.8 Å². The Morgan fingerprint density at radius 2 is 1.93 bits per heavy atom. The van der Waals surface area contributed by atoms with E-state index in [-0.39, 0.29) is 18.0 Å². The first kappa shape index (κ1) is 17.5. The van der Waals surface area contributed by atoms with Crippen LogP contribution >= 0.6 is 0 Å². The van der Waals surface area contributed by atoms with Crippen molar-refractivity contribution in [3.63, 3.8) is 0 Å². The molecular formula is C18H22N6O3. The van der Waals surface area contributed by atoms with E-state index in [1.807, 2.05) is 0 Å². The summed E-state index contributed by atoms with van der Waals surface area (Å²) in [5.74, 6) is 0.601. The molecule has 27 heavy (non-hydrogen) atoms. The molecule has 0 unspecified atom stereocenters. The molecule has 0 saturated carbocycles. The lowest BCUT2D eigenvalue weighted by atomic mass is 10.2. The van der Waals surface area contributed by atoms with E-state index in [2.05, 4.69) is 15.4 Å². The number of hydrogen-bond donors (Lipinski definition) is 1. The second-order valence-electron chi connectivity index (χ2n) is 6.57. The van der Waals surface area contributed by atoms with Gasteiger partial charge in [0.1, 0.15) is 6.10 Å². The molecule has 2 aromatic heterocycles. The maximum Gasteiger partial charge on any atom is 0.322 e. The summed E-state index contributed by atoms with van der Waals surface area (Å²) in [4.78, 5) is 32.9. The van der Waals surface area contributed by atoms with Crippen LogP contribution in [0.5, 0.6) is 0 Å². The van der Waals surface area contributed by atoms with Gasteiger partial charge in [-0.1, -0.05) is 0 Å². The van der Waals surface area contributed by atoms with Crippen molar-refractivity contribution in [3.05, 3.63) is 36.8 Å². The smallest absolute Gasteiger partial charge is 0.322 e.